The molecule has 7 heteroatoms. The fourth-order valence-electron chi connectivity index (χ4n) is 4.80. The maximum absolute atomic E-state index is 13.1. The summed E-state index contributed by atoms with van der Waals surface area (Å²) in [6.07, 6.45) is 4.45. The van der Waals surface area contributed by atoms with Crippen molar-refractivity contribution in [1.82, 2.24) is 14.8 Å². The van der Waals surface area contributed by atoms with E-state index in [1.54, 1.807) is 17.4 Å². The third-order valence-electron chi connectivity index (χ3n) is 6.78. The largest absolute Gasteiger partial charge is 0.486 e. The SMILES string of the molecule is CC(C)(C)c1nc(CN2CCCN(C(=O)c3ccc(COc4ccc5c(c4)CCC5)o3)CC2)cs1. The van der Waals surface area contributed by atoms with Crippen molar-refractivity contribution in [3.05, 3.63) is 69.1 Å². The lowest BCUT2D eigenvalue weighted by atomic mass is 9.98. The zero-order valence-electron chi connectivity index (χ0n) is 21.0. The van der Waals surface area contributed by atoms with E-state index in [1.165, 1.54) is 22.6 Å². The Bertz CT molecular complexity index is 1180. The summed E-state index contributed by atoms with van der Waals surface area (Å²) in [5.74, 6) is 1.88. The van der Waals surface area contributed by atoms with Gasteiger partial charge in [-0.3, -0.25) is 9.69 Å². The van der Waals surface area contributed by atoms with Crippen LogP contribution in [0.4, 0.5) is 0 Å². The summed E-state index contributed by atoms with van der Waals surface area (Å²) in [4.78, 5) is 22.2. The fraction of sp³-hybridized carbons (Fsp3) is 0.500. The molecule has 2 aliphatic rings. The van der Waals surface area contributed by atoms with Gasteiger partial charge in [-0.1, -0.05) is 26.8 Å². The number of nitrogens with zero attached hydrogens (tertiary/aromatic N) is 3. The van der Waals surface area contributed by atoms with Crippen molar-refractivity contribution < 1.29 is 13.9 Å². The summed E-state index contributed by atoms with van der Waals surface area (Å²) >= 11 is 1.74. The van der Waals surface area contributed by atoms with Crippen molar-refractivity contribution >= 4 is 17.2 Å². The van der Waals surface area contributed by atoms with Crippen LogP contribution in [0.25, 0.3) is 0 Å². The Kier molecular flexibility index (Phi) is 6.98. The molecule has 0 bridgehead atoms. The average Bonchev–Trinajstić information content (AvgIpc) is 3.56. The Labute approximate surface area is 211 Å². The molecule has 1 aliphatic carbocycles. The van der Waals surface area contributed by atoms with Gasteiger partial charge in [0.2, 0.25) is 0 Å². The lowest BCUT2D eigenvalue weighted by molar-refractivity contribution is 0.0725. The molecule has 3 heterocycles. The second-order valence-corrected chi connectivity index (χ2v) is 11.5. The number of thiazole rings is 1. The van der Waals surface area contributed by atoms with E-state index in [1.807, 2.05) is 17.0 Å². The van der Waals surface area contributed by atoms with Gasteiger partial charge in [0.05, 0.1) is 10.7 Å². The van der Waals surface area contributed by atoms with Crippen LogP contribution in [0.15, 0.2) is 40.1 Å². The monoisotopic (exact) mass is 493 g/mol. The Morgan fingerprint density at radius 2 is 1.91 bits per heavy atom. The second kappa shape index (κ2) is 10.2. The molecule has 0 atom stereocenters. The Morgan fingerprint density at radius 1 is 1.06 bits per heavy atom. The van der Waals surface area contributed by atoms with Gasteiger partial charge in [-0.05, 0) is 61.1 Å². The number of hydrogen-bond donors (Lipinski definition) is 0. The molecule has 35 heavy (non-hydrogen) atoms. The number of carbonyl (C=O) groups excluding carboxylic acids is 1. The van der Waals surface area contributed by atoms with Crippen LogP contribution in [0.3, 0.4) is 0 Å². The molecule has 1 saturated heterocycles. The Morgan fingerprint density at radius 3 is 2.74 bits per heavy atom. The smallest absolute Gasteiger partial charge is 0.289 e. The fourth-order valence-corrected chi connectivity index (χ4v) is 5.70. The van der Waals surface area contributed by atoms with Crippen LogP contribution in [0.1, 0.15) is 71.8 Å². The molecule has 0 N–H and O–H groups in total. The molecule has 1 fully saturated rings. The van der Waals surface area contributed by atoms with Crippen LogP contribution in [-0.2, 0) is 31.4 Å². The number of rotatable bonds is 6. The first-order chi connectivity index (χ1) is 16.8. The van der Waals surface area contributed by atoms with Crippen molar-refractivity contribution in [1.29, 1.82) is 0 Å². The van der Waals surface area contributed by atoms with E-state index in [-0.39, 0.29) is 11.3 Å². The lowest BCUT2D eigenvalue weighted by Gasteiger charge is -2.21. The summed E-state index contributed by atoms with van der Waals surface area (Å²) in [6, 6.07) is 9.94. The molecule has 5 rings (SSSR count). The van der Waals surface area contributed by atoms with Crippen molar-refractivity contribution in [2.75, 3.05) is 26.2 Å². The van der Waals surface area contributed by atoms with E-state index in [2.05, 4.69) is 43.2 Å². The number of aromatic nitrogens is 1. The first-order valence-electron chi connectivity index (χ1n) is 12.6. The molecule has 2 aromatic heterocycles. The van der Waals surface area contributed by atoms with E-state index in [0.29, 0.717) is 24.7 Å². The van der Waals surface area contributed by atoms with Gasteiger partial charge in [-0.25, -0.2) is 4.98 Å². The summed E-state index contributed by atoms with van der Waals surface area (Å²) in [6.45, 7) is 11.0. The molecule has 0 radical (unpaired) electrons. The van der Waals surface area contributed by atoms with Crippen molar-refractivity contribution in [3.8, 4) is 5.75 Å². The number of aryl methyl sites for hydroxylation is 2. The van der Waals surface area contributed by atoms with Gasteiger partial charge in [0.15, 0.2) is 5.76 Å². The molecular weight excluding hydrogens is 458 g/mol. The minimum absolute atomic E-state index is 0.0423. The van der Waals surface area contributed by atoms with Crippen LogP contribution >= 0.6 is 11.3 Å². The van der Waals surface area contributed by atoms with E-state index in [4.69, 9.17) is 14.1 Å². The molecule has 1 amide bonds. The van der Waals surface area contributed by atoms with Gasteiger partial charge >= 0.3 is 0 Å². The minimum Gasteiger partial charge on any atom is -0.486 e. The van der Waals surface area contributed by atoms with Crippen molar-refractivity contribution in [2.45, 2.75) is 65.0 Å². The second-order valence-electron chi connectivity index (χ2n) is 10.7. The first-order valence-corrected chi connectivity index (χ1v) is 13.5. The predicted molar refractivity (Wildman–Crippen MR) is 138 cm³/mol. The molecule has 6 nitrogen and oxygen atoms in total. The lowest BCUT2D eigenvalue weighted by Crippen LogP contribution is -2.35. The quantitative estimate of drug-likeness (QED) is 0.457. The van der Waals surface area contributed by atoms with E-state index >= 15 is 0 Å². The molecule has 0 spiro atoms. The molecule has 1 aliphatic heterocycles. The van der Waals surface area contributed by atoms with Crippen LogP contribution in [0.2, 0.25) is 0 Å². The van der Waals surface area contributed by atoms with E-state index in [0.717, 1.165) is 56.9 Å². The number of benzene rings is 1. The van der Waals surface area contributed by atoms with Crippen LogP contribution in [0, 0.1) is 0 Å². The summed E-state index contributed by atoms with van der Waals surface area (Å²) in [7, 11) is 0. The number of hydrogen-bond acceptors (Lipinski definition) is 6. The number of carbonyl (C=O) groups is 1. The highest BCUT2D eigenvalue weighted by atomic mass is 32.1. The molecule has 0 unspecified atom stereocenters. The van der Waals surface area contributed by atoms with Gasteiger partial charge in [-0.15, -0.1) is 11.3 Å². The van der Waals surface area contributed by atoms with Gasteiger partial charge < -0.3 is 14.1 Å². The normalized spacial score (nSPS) is 16.8. The zero-order valence-corrected chi connectivity index (χ0v) is 21.8. The molecule has 1 aromatic carbocycles. The highest BCUT2D eigenvalue weighted by Gasteiger charge is 2.24. The van der Waals surface area contributed by atoms with Gasteiger partial charge in [0.1, 0.15) is 18.1 Å². The highest BCUT2D eigenvalue weighted by molar-refractivity contribution is 7.09. The number of amides is 1. The Balaban J connectivity index is 1.13. The number of fused-ring (bicyclic) bond motifs is 1. The average molecular weight is 494 g/mol. The van der Waals surface area contributed by atoms with E-state index in [9.17, 15) is 4.79 Å². The van der Waals surface area contributed by atoms with Crippen molar-refractivity contribution in [3.63, 3.8) is 0 Å². The van der Waals surface area contributed by atoms with Crippen LogP contribution < -0.4 is 4.74 Å². The standard InChI is InChI=1S/C28H35N3O3S/c1-28(2,3)27-29-22(19-35-27)17-30-12-5-13-31(15-14-30)26(32)25-11-10-24(34-25)18-33-23-9-8-20-6-4-7-21(20)16-23/h8-11,16,19H,4-7,12-15,17-18H2,1-3H3. The third-order valence-corrected chi connectivity index (χ3v) is 8.10. The van der Waals surface area contributed by atoms with Crippen LogP contribution in [0.5, 0.6) is 5.75 Å². The number of ether oxygens (including phenoxy) is 1. The molecule has 3 aromatic rings. The van der Waals surface area contributed by atoms with Gasteiger partial charge in [0.25, 0.3) is 5.91 Å². The first kappa shape index (κ1) is 24.1. The maximum atomic E-state index is 13.1. The van der Waals surface area contributed by atoms with Gasteiger partial charge in [-0.2, -0.15) is 0 Å². The molecular formula is C28H35N3O3S. The summed E-state index contributed by atoms with van der Waals surface area (Å²) in [5.41, 5.74) is 4.02. The maximum Gasteiger partial charge on any atom is 0.289 e. The third kappa shape index (κ3) is 5.78. The van der Waals surface area contributed by atoms with Crippen molar-refractivity contribution in [2.24, 2.45) is 0 Å². The van der Waals surface area contributed by atoms with Crippen LogP contribution in [-0.4, -0.2) is 46.9 Å². The minimum atomic E-state index is -0.0423. The summed E-state index contributed by atoms with van der Waals surface area (Å²) < 4.78 is 11.8. The van der Waals surface area contributed by atoms with E-state index < -0.39 is 0 Å². The summed E-state index contributed by atoms with van der Waals surface area (Å²) in [5, 5.41) is 3.34. The number of furan rings is 1. The zero-order chi connectivity index (χ0) is 24.4. The molecule has 186 valence electrons. The van der Waals surface area contributed by atoms with Gasteiger partial charge in [0, 0.05) is 43.5 Å². The molecule has 0 saturated carbocycles. The highest BCUT2D eigenvalue weighted by Crippen LogP contribution is 2.27. The Hall–Kier alpha value is -2.64. The topological polar surface area (TPSA) is 58.8 Å². The predicted octanol–water partition coefficient (Wildman–Crippen LogP) is 5.45.